The number of pyridine rings is 1. The number of carbonyl (C=O) groups excluding carboxylic acids is 1. The third-order valence-corrected chi connectivity index (χ3v) is 4.26. The first-order valence-corrected chi connectivity index (χ1v) is 9.13. The van der Waals surface area contributed by atoms with Crippen LogP contribution in [0.4, 0.5) is 0 Å². The Labute approximate surface area is 158 Å². The lowest BCUT2D eigenvalue weighted by atomic mass is 10.0. The molecular formula is C22H24N2O3. The van der Waals surface area contributed by atoms with E-state index in [2.05, 4.69) is 31.0 Å². The quantitative estimate of drug-likeness (QED) is 0.628. The highest BCUT2D eigenvalue weighted by Gasteiger charge is 2.08. The molecule has 1 aromatic carbocycles. The Kier molecular flexibility index (Phi) is 5.69. The standard InChI is InChI=1S/C22H24N2O3/c1-15(2)10-17-5-7-18(8-6-17)11-22(26)27-14-19-12-21(25)24-13-16(3)4-9-20(24)23-19/h4-9,12-13,15H,10-11,14H2,1-3H3. The Morgan fingerprint density at radius 2 is 1.81 bits per heavy atom. The molecule has 0 unspecified atom stereocenters. The molecule has 0 spiro atoms. The molecular weight excluding hydrogens is 340 g/mol. The number of esters is 1. The molecule has 3 aromatic rings. The molecule has 3 rings (SSSR count). The van der Waals surface area contributed by atoms with Crippen molar-refractivity contribution < 1.29 is 9.53 Å². The highest BCUT2D eigenvalue weighted by atomic mass is 16.5. The summed E-state index contributed by atoms with van der Waals surface area (Å²) >= 11 is 0. The minimum Gasteiger partial charge on any atom is -0.459 e. The van der Waals surface area contributed by atoms with Crippen molar-refractivity contribution in [2.24, 2.45) is 5.92 Å². The van der Waals surface area contributed by atoms with E-state index in [-0.39, 0.29) is 24.6 Å². The van der Waals surface area contributed by atoms with Crippen molar-refractivity contribution in [3.8, 4) is 0 Å². The number of aryl methyl sites for hydroxylation is 1. The van der Waals surface area contributed by atoms with Gasteiger partial charge in [0, 0.05) is 12.3 Å². The van der Waals surface area contributed by atoms with E-state index in [9.17, 15) is 9.59 Å². The van der Waals surface area contributed by atoms with Crippen molar-refractivity contribution in [1.82, 2.24) is 9.38 Å². The molecule has 5 nitrogen and oxygen atoms in total. The summed E-state index contributed by atoms with van der Waals surface area (Å²) in [5.41, 5.74) is 3.96. The summed E-state index contributed by atoms with van der Waals surface area (Å²) in [6, 6.07) is 13.1. The lowest BCUT2D eigenvalue weighted by Gasteiger charge is -2.08. The van der Waals surface area contributed by atoms with E-state index in [1.54, 1.807) is 12.3 Å². The molecule has 0 amide bonds. The number of carbonyl (C=O) groups is 1. The zero-order valence-corrected chi connectivity index (χ0v) is 15.9. The van der Waals surface area contributed by atoms with Crippen LogP contribution in [0, 0.1) is 12.8 Å². The summed E-state index contributed by atoms with van der Waals surface area (Å²) < 4.78 is 6.79. The topological polar surface area (TPSA) is 60.7 Å². The van der Waals surface area contributed by atoms with Gasteiger partial charge in [0.2, 0.25) is 0 Å². The summed E-state index contributed by atoms with van der Waals surface area (Å²) in [7, 11) is 0. The summed E-state index contributed by atoms with van der Waals surface area (Å²) in [6.45, 7) is 6.26. The third kappa shape index (κ3) is 5.03. The molecule has 0 bridgehead atoms. The molecule has 0 aliphatic carbocycles. The summed E-state index contributed by atoms with van der Waals surface area (Å²) in [5, 5.41) is 0. The minimum absolute atomic E-state index is 0.0100. The fourth-order valence-corrected chi connectivity index (χ4v) is 2.97. The SMILES string of the molecule is Cc1ccc2nc(COC(=O)Cc3ccc(CC(C)C)cc3)cc(=O)n2c1. The van der Waals surface area contributed by atoms with Gasteiger partial charge in [0.15, 0.2) is 0 Å². The minimum atomic E-state index is -0.336. The Morgan fingerprint density at radius 3 is 2.52 bits per heavy atom. The van der Waals surface area contributed by atoms with Crippen molar-refractivity contribution >= 4 is 11.6 Å². The molecule has 0 fully saturated rings. The zero-order chi connectivity index (χ0) is 19.4. The van der Waals surface area contributed by atoms with Crippen LogP contribution >= 0.6 is 0 Å². The van der Waals surface area contributed by atoms with E-state index in [0.717, 1.165) is 17.5 Å². The van der Waals surface area contributed by atoms with Crippen molar-refractivity contribution in [3.05, 3.63) is 81.4 Å². The maximum Gasteiger partial charge on any atom is 0.310 e. The molecule has 5 heteroatoms. The van der Waals surface area contributed by atoms with Gasteiger partial charge >= 0.3 is 5.97 Å². The van der Waals surface area contributed by atoms with Crippen LogP contribution in [0.3, 0.4) is 0 Å². The highest BCUT2D eigenvalue weighted by Crippen LogP contribution is 2.11. The van der Waals surface area contributed by atoms with E-state index >= 15 is 0 Å². The molecule has 0 aliphatic rings. The fraction of sp³-hybridized carbons (Fsp3) is 0.318. The van der Waals surface area contributed by atoms with Crippen LogP contribution in [0.25, 0.3) is 5.65 Å². The maximum atomic E-state index is 12.2. The summed E-state index contributed by atoms with van der Waals surface area (Å²) in [5.74, 6) is 0.265. The van der Waals surface area contributed by atoms with Crippen LogP contribution in [0.5, 0.6) is 0 Å². The largest absolute Gasteiger partial charge is 0.459 e. The number of hydrogen-bond donors (Lipinski definition) is 0. The predicted molar refractivity (Wildman–Crippen MR) is 105 cm³/mol. The van der Waals surface area contributed by atoms with Gasteiger partial charge < -0.3 is 4.74 Å². The zero-order valence-electron chi connectivity index (χ0n) is 15.9. The fourth-order valence-electron chi connectivity index (χ4n) is 2.97. The van der Waals surface area contributed by atoms with E-state index in [0.29, 0.717) is 17.3 Å². The average molecular weight is 364 g/mol. The molecule has 27 heavy (non-hydrogen) atoms. The summed E-state index contributed by atoms with van der Waals surface area (Å²) in [6.07, 6.45) is 2.96. The second-order valence-corrected chi connectivity index (χ2v) is 7.27. The van der Waals surface area contributed by atoms with E-state index in [1.165, 1.54) is 16.0 Å². The first-order chi connectivity index (χ1) is 12.9. The Morgan fingerprint density at radius 1 is 1.11 bits per heavy atom. The van der Waals surface area contributed by atoms with Gasteiger partial charge in [-0.2, -0.15) is 0 Å². The number of aromatic nitrogens is 2. The van der Waals surface area contributed by atoms with Gasteiger partial charge in [-0.05, 0) is 42.0 Å². The van der Waals surface area contributed by atoms with E-state index in [4.69, 9.17) is 4.74 Å². The van der Waals surface area contributed by atoms with Gasteiger partial charge in [0.25, 0.3) is 5.56 Å². The number of rotatable bonds is 6. The number of benzene rings is 1. The Bertz CT molecular complexity index is 1000. The second-order valence-electron chi connectivity index (χ2n) is 7.27. The number of hydrogen-bond acceptors (Lipinski definition) is 4. The molecule has 0 saturated heterocycles. The van der Waals surface area contributed by atoms with Gasteiger partial charge in [-0.1, -0.05) is 44.2 Å². The lowest BCUT2D eigenvalue weighted by Crippen LogP contribution is -2.17. The number of fused-ring (bicyclic) bond motifs is 1. The highest BCUT2D eigenvalue weighted by molar-refractivity contribution is 5.72. The Hall–Kier alpha value is -2.95. The van der Waals surface area contributed by atoms with Crippen molar-refractivity contribution in [2.75, 3.05) is 0 Å². The van der Waals surface area contributed by atoms with Crippen molar-refractivity contribution in [1.29, 1.82) is 0 Å². The predicted octanol–water partition coefficient (Wildman–Crippen LogP) is 3.49. The smallest absolute Gasteiger partial charge is 0.310 e. The number of nitrogens with zero attached hydrogens (tertiary/aromatic N) is 2. The molecule has 0 atom stereocenters. The van der Waals surface area contributed by atoms with Crippen LogP contribution in [-0.4, -0.2) is 15.4 Å². The number of ether oxygens (including phenoxy) is 1. The van der Waals surface area contributed by atoms with Gasteiger partial charge in [-0.15, -0.1) is 0 Å². The van der Waals surface area contributed by atoms with Crippen LogP contribution in [0.2, 0.25) is 0 Å². The van der Waals surface area contributed by atoms with Gasteiger partial charge in [0.1, 0.15) is 12.3 Å². The second kappa shape index (κ2) is 8.16. The monoisotopic (exact) mass is 364 g/mol. The van der Waals surface area contributed by atoms with Gasteiger partial charge in [-0.25, -0.2) is 4.98 Å². The molecule has 0 saturated carbocycles. The molecule has 2 aromatic heterocycles. The Balaban J connectivity index is 1.61. The van der Waals surface area contributed by atoms with E-state index < -0.39 is 0 Å². The van der Waals surface area contributed by atoms with Crippen molar-refractivity contribution in [2.45, 2.75) is 40.2 Å². The van der Waals surface area contributed by atoms with Gasteiger partial charge in [0.05, 0.1) is 12.1 Å². The van der Waals surface area contributed by atoms with Crippen LogP contribution in [-0.2, 0) is 29.0 Å². The van der Waals surface area contributed by atoms with Crippen molar-refractivity contribution in [3.63, 3.8) is 0 Å². The molecule has 0 radical (unpaired) electrons. The molecule has 0 aliphatic heterocycles. The molecule has 2 heterocycles. The van der Waals surface area contributed by atoms with E-state index in [1.807, 2.05) is 25.1 Å². The summed E-state index contributed by atoms with van der Waals surface area (Å²) in [4.78, 5) is 28.7. The van der Waals surface area contributed by atoms with Crippen LogP contribution in [0.1, 0.15) is 36.2 Å². The normalized spacial score (nSPS) is 11.1. The average Bonchev–Trinajstić information content (AvgIpc) is 2.62. The maximum absolute atomic E-state index is 12.2. The molecule has 140 valence electrons. The first-order valence-electron chi connectivity index (χ1n) is 9.13. The van der Waals surface area contributed by atoms with Crippen LogP contribution < -0.4 is 5.56 Å². The molecule has 0 N–H and O–H groups in total. The lowest BCUT2D eigenvalue weighted by molar-refractivity contribution is -0.144. The van der Waals surface area contributed by atoms with Gasteiger partial charge in [-0.3, -0.25) is 14.0 Å². The first kappa shape index (κ1) is 18.8. The third-order valence-electron chi connectivity index (χ3n) is 4.26. The van der Waals surface area contributed by atoms with Crippen LogP contribution in [0.15, 0.2) is 53.5 Å².